The number of hydrogen-bond donors (Lipinski definition) is 0. The molecule has 0 amide bonds. The highest BCUT2D eigenvalue weighted by atomic mass is 32.1. The van der Waals surface area contributed by atoms with Crippen LogP contribution in [0.2, 0.25) is 0 Å². The molecule has 0 saturated heterocycles. The molecule has 0 aromatic carbocycles. The third-order valence-electron chi connectivity index (χ3n) is 3.01. The van der Waals surface area contributed by atoms with Gasteiger partial charge >= 0.3 is 0 Å². The molecule has 1 aromatic rings. The third-order valence-corrected chi connectivity index (χ3v) is 4.17. The maximum atomic E-state index is 9.26. The number of hydrogen-bond acceptors (Lipinski definition) is 3. The molecular formula is C13H17N3S. The van der Waals surface area contributed by atoms with Crippen LogP contribution in [0.5, 0.6) is 0 Å². The maximum Gasteiger partial charge on any atom is 0.136 e. The molecule has 2 rings (SSSR count). The molecule has 0 spiro atoms. The van der Waals surface area contributed by atoms with Crippen molar-refractivity contribution >= 4 is 22.7 Å². The first-order valence-electron chi connectivity index (χ1n) is 5.87. The predicted molar refractivity (Wildman–Crippen MR) is 72.1 cm³/mol. The number of fused-ring (bicyclic) bond motifs is 1. The van der Waals surface area contributed by atoms with Crippen molar-refractivity contribution in [1.82, 2.24) is 4.90 Å². The molecule has 0 radical (unpaired) electrons. The van der Waals surface area contributed by atoms with E-state index in [1.165, 1.54) is 16.9 Å². The highest BCUT2D eigenvalue weighted by molar-refractivity contribution is 7.16. The minimum atomic E-state index is 0.735. The van der Waals surface area contributed by atoms with Gasteiger partial charge in [-0.2, -0.15) is 5.26 Å². The van der Waals surface area contributed by atoms with Gasteiger partial charge in [0, 0.05) is 19.0 Å². The third kappa shape index (κ3) is 2.50. The van der Waals surface area contributed by atoms with Crippen molar-refractivity contribution in [3.8, 4) is 6.07 Å². The molecule has 0 saturated carbocycles. The van der Waals surface area contributed by atoms with E-state index in [1.807, 2.05) is 19.0 Å². The van der Waals surface area contributed by atoms with Crippen LogP contribution < -0.4 is 0 Å². The van der Waals surface area contributed by atoms with Crippen LogP contribution in [0.15, 0.2) is 4.99 Å². The zero-order valence-electron chi connectivity index (χ0n) is 10.5. The summed E-state index contributed by atoms with van der Waals surface area (Å²) in [6.07, 6.45) is 5.09. The van der Waals surface area contributed by atoms with E-state index in [1.54, 1.807) is 17.7 Å². The van der Waals surface area contributed by atoms with Crippen LogP contribution in [0, 0.1) is 17.2 Å². The van der Waals surface area contributed by atoms with Crippen molar-refractivity contribution in [2.24, 2.45) is 10.9 Å². The van der Waals surface area contributed by atoms with Crippen LogP contribution in [-0.4, -0.2) is 25.3 Å². The van der Waals surface area contributed by atoms with Crippen LogP contribution in [0.3, 0.4) is 0 Å². The Morgan fingerprint density at radius 2 is 2.29 bits per heavy atom. The van der Waals surface area contributed by atoms with E-state index in [2.05, 4.69) is 18.0 Å². The van der Waals surface area contributed by atoms with E-state index in [0.717, 1.165) is 29.3 Å². The van der Waals surface area contributed by atoms with Gasteiger partial charge in [-0.25, -0.2) is 4.99 Å². The van der Waals surface area contributed by atoms with E-state index in [0.29, 0.717) is 0 Å². The molecule has 0 N–H and O–H groups in total. The Bertz CT molecular complexity index is 480. The van der Waals surface area contributed by atoms with Gasteiger partial charge in [0.1, 0.15) is 11.1 Å². The highest BCUT2D eigenvalue weighted by Crippen LogP contribution is 2.40. The quantitative estimate of drug-likeness (QED) is 0.595. The van der Waals surface area contributed by atoms with Gasteiger partial charge in [0.2, 0.25) is 0 Å². The largest absolute Gasteiger partial charge is 0.369 e. The lowest BCUT2D eigenvalue weighted by Crippen LogP contribution is -2.09. The Labute approximate surface area is 106 Å². The monoisotopic (exact) mass is 247 g/mol. The Balaban J connectivity index is 2.38. The van der Waals surface area contributed by atoms with Gasteiger partial charge in [-0.3, -0.25) is 0 Å². The smallest absolute Gasteiger partial charge is 0.136 e. The standard InChI is InChI=1S/C13H17N3S/c1-9-4-5-10-11(7-14)13(15-8-16(2)3)17-12(10)6-9/h8-9H,4-6H2,1-3H3/t9-/m1/s1. The summed E-state index contributed by atoms with van der Waals surface area (Å²) in [6, 6.07) is 2.32. The summed E-state index contributed by atoms with van der Waals surface area (Å²) >= 11 is 1.69. The lowest BCUT2D eigenvalue weighted by Gasteiger charge is -2.17. The lowest BCUT2D eigenvalue weighted by molar-refractivity contribution is 0.507. The van der Waals surface area contributed by atoms with Crippen molar-refractivity contribution in [3.05, 3.63) is 16.0 Å². The van der Waals surface area contributed by atoms with Gasteiger partial charge < -0.3 is 4.90 Å². The molecule has 0 bridgehead atoms. The molecule has 3 nitrogen and oxygen atoms in total. The summed E-state index contributed by atoms with van der Waals surface area (Å²) in [5, 5.41) is 10.1. The molecule has 1 atom stereocenters. The number of nitriles is 1. The number of nitrogens with zero attached hydrogens (tertiary/aromatic N) is 3. The first-order valence-corrected chi connectivity index (χ1v) is 6.68. The minimum absolute atomic E-state index is 0.735. The van der Waals surface area contributed by atoms with Crippen LogP contribution in [0.1, 0.15) is 29.3 Å². The Morgan fingerprint density at radius 1 is 1.53 bits per heavy atom. The number of thiophene rings is 1. The van der Waals surface area contributed by atoms with Gasteiger partial charge in [0.25, 0.3) is 0 Å². The molecule has 0 aliphatic heterocycles. The zero-order chi connectivity index (χ0) is 12.4. The molecule has 17 heavy (non-hydrogen) atoms. The molecule has 4 heteroatoms. The van der Waals surface area contributed by atoms with Gasteiger partial charge in [-0.1, -0.05) is 6.92 Å². The second-order valence-electron chi connectivity index (χ2n) is 4.85. The van der Waals surface area contributed by atoms with Crippen LogP contribution >= 0.6 is 11.3 Å². The molecule has 1 aromatic heterocycles. The topological polar surface area (TPSA) is 39.4 Å². The summed E-state index contributed by atoms with van der Waals surface area (Å²) in [4.78, 5) is 7.66. The predicted octanol–water partition coefficient (Wildman–Crippen LogP) is 2.97. The number of aliphatic imine (C=N–C) groups is 1. The Morgan fingerprint density at radius 3 is 2.94 bits per heavy atom. The Hall–Kier alpha value is -1.34. The maximum absolute atomic E-state index is 9.26. The average Bonchev–Trinajstić information content (AvgIpc) is 2.62. The second-order valence-corrected chi connectivity index (χ2v) is 5.94. The second kappa shape index (κ2) is 4.89. The van der Waals surface area contributed by atoms with Crippen molar-refractivity contribution in [2.45, 2.75) is 26.2 Å². The fourth-order valence-electron chi connectivity index (χ4n) is 2.11. The summed E-state index contributed by atoms with van der Waals surface area (Å²) in [5.41, 5.74) is 2.05. The molecule has 1 aliphatic carbocycles. The molecule has 1 heterocycles. The van der Waals surface area contributed by atoms with Crippen LogP contribution in [0.4, 0.5) is 5.00 Å². The van der Waals surface area contributed by atoms with Crippen LogP contribution in [0.25, 0.3) is 0 Å². The van der Waals surface area contributed by atoms with E-state index in [4.69, 9.17) is 0 Å². The summed E-state index contributed by atoms with van der Waals surface area (Å²) < 4.78 is 0. The fraction of sp³-hybridized carbons (Fsp3) is 0.538. The van der Waals surface area contributed by atoms with Crippen molar-refractivity contribution in [1.29, 1.82) is 5.26 Å². The van der Waals surface area contributed by atoms with Crippen molar-refractivity contribution in [3.63, 3.8) is 0 Å². The van der Waals surface area contributed by atoms with E-state index in [9.17, 15) is 5.26 Å². The highest BCUT2D eigenvalue weighted by Gasteiger charge is 2.23. The van der Waals surface area contributed by atoms with Crippen molar-refractivity contribution in [2.75, 3.05) is 14.1 Å². The summed E-state index contributed by atoms with van der Waals surface area (Å²) in [7, 11) is 3.87. The first kappa shape index (κ1) is 12.1. The van der Waals surface area contributed by atoms with Crippen molar-refractivity contribution < 1.29 is 0 Å². The molecule has 90 valence electrons. The normalized spacial score (nSPS) is 19.1. The lowest BCUT2D eigenvalue weighted by atomic mass is 9.89. The SMILES string of the molecule is C[C@@H]1CCc2c(sc(N=CN(C)C)c2C#N)C1. The molecule has 0 fully saturated rings. The molecular weight excluding hydrogens is 230 g/mol. The van der Waals surface area contributed by atoms with Gasteiger partial charge in [-0.05, 0) is 30.7 Å². The minimum Gasteiger partial charge on any atom is -0.369 e. The average molecular weight is 247 g/mol. The molecule has 0 unspecified atom stereocenters. The summed E-state index contributed by atoms with van der Waals surface area (Å²) in [6.45, 7) is 2.28. The van der Waals surface area contributed by atoms with E-state index in [-0.39, 0.29) is 0 Å². The zero-order valence-corrected chi connectivity index (χ0v) is 11.3. The Kier molecular flexibility index (Phi) is 3.49. The van der Waals surface area contributed by atoms with E-state index >= 15 is 0 Å². The van der Waals surface area contributed by atoms with Crippen LogP contribution in [-0.2, 0) is 12.8 Å². The number of rotatable bonds is 2. The summed E-state index contributed by atoms with van der Waals surface area (Å²) in [5.74, 6) is 0.735. The van der Waals surface area contributed by atoms with E-state index < -0.39 is 0 Å². The first-order chi connectivity index (χ1) is 8.11. The fourth-order valence-corrected chi connectivity index (χ4v) is 3.41. The van der Waals surface area contributed by atoms with Gasteiger partial charge in [-0.15, -0.1) is 11.3 Å². The van der Waals surface area contributed by atoms with Gasteiger partial charge in [0.05, 0.1) is 11.9 Å². The van der Waals surface area contributed by atoms with Gasteiger partial charge in [0.15, 0.2) is 0 Å². The molecule has 1 aliphatic rings.